The Morgan fingerprint density at radius 2 is 2.25 bits per heavy atom. The van der Waals surface area contributed by atoms with E-state index in [1.54, 1.807) is 11.0 Å². The average Bonchev–Trinajstić information content (AvgIpc) is 3.23. The highest BCUT2D eigenvalue weighted by Gasteiger charge is 2.44. The van der Waals surface area contributed by atoms with Crippen molar-refractivity contribution in [1.82, 2.24) is 14.8 Å². The lowest BCUT2D eigenvalue weighted by Gasteiger charge is -2.35. The maximum atomic E-state index is 7.76. The first-order valence-electron chi connectivity index (χ1n) is 7.29. The smallest absolute Gasteiger partial charge is 0.211 e. The normalized spacial score (nSPS) is 20.2. The third kappa shape index (κ3) is 2.58. The van der Waals surface area contributed by atoms with Crippen LogP contribution in [0.3, 0.4) is 0 Å². The highest BCUT2D eigenvalue weighted by atomic mass is 35.5. The molecular formula is C15H18ClN3O. The van der Waals surface area contributed by atoms with Crippen LogP contribution in [0.15, 0.2) is 36.9 Å². The van der Waals surface area contributed by atoms with Gasteiger partial charge in [-0.15, -0.1) is 0 Å². The molecule has 0 aliphatic heterocycles. The molecule has 1 fully saturated rings. The van der Waals surface area contributed by atoms with Gasteiger partial charge in [0.15, 0.2) is 0 Å². The van der Waals surface area contributed by atoms with Crippen molar-refractivity contribution in [3.05, 3.63) is 47.5 Å². The Morgan fingerprint density at radius 3 is 2.80 bits per heavy atom. The van der Waals surface area contributed by atoms with Crippen LogP contribution < -0.4 is 0 Å². The first kappa shape index (κ1) is 12.4. The molecule has 2 aromatic rings. The van der Waals surface area contributed by atoms with Gasteiger partial charge in [0, 0.05) is 5.02 Å². The molecule has 1 aromatic carbocycles. The molecule has 20 heavy (non-hydrogen) atoms. The maximum Gasteiger partial charge on any atom is 0.211 e. The zero-order chi connectivity index (χ0) is 14.9. The molecule has 1 saturated carbocycles. The van der Waals surface area contributed by atoms with Gasteiger partial charge in [-0.2, -0.15) is 5.10 Å². The Balaban J connectivity index is 2.00. The lowest BCUT2D eigenvalue weighted by Crippen LogP contribution is -2.39. The van der Waals surface area contributed by atoms with Crippen molar-refractivity contribution in [2.24, 2.45) is 11.8 Å². The van der Waals surface area contributed by atoms with Crippen molar-refractivity contribution in [2.45, 2.75) is 31.9 Å². The second-order valence-corrected chi connectivity index (χ2v) is 6.05. The van der Waals surface area contributed by atoms with Crippen LogP contribution in [0.4, 0.5) is 0 Å². The van der Waals surface area contributed by atoms with Gasteiger partial charge in [-0.3, -0.25) is 0 Å². The fourth-order valence-electron chi connectivity index (χ4n) is 2.76. The minimum absolute atomic E-state index is 0.223. The predicted molar refractivity (Wildman–Crippen MR) is 77.3 cm³/mol. The third-order valence-electron chi connectivity index (χ3n) is 4.26. The highest BCUT2D eigenvalue weighted by molar-refractivity contribution is 6.30. The van der Waals surface area contributed by atoms with Crippen molar-refractivity contribution >= 4 is 11.6 Å². The van der Waals surface area contributed by atoms with E-state index in [2.05, 4.69) is 17.0 Å². The molecule has 0 saturated heterocycles. The Labute approximate surface area is 124 Å². The lowest BCUT2D eigenvalue weighted by atomic mass is 9.79. The number of nitrogens with zero attached hydrogens (tertiary/aromatic N) is 3. The number of halogens is 1. The van der Waals surface area contributed by atoms with Crippen molar-refractivity contribution in [2.75, 3.05) is 0 Å². The second kappa shape index (κ2) is 5.19. The van der Waals surface area contributed by atoms with Gasteiger partial charge >= 0.3 is 0 Å². The standard InChI is InChI=1S/C15H18ClN3O/c1-11(12-2-3-12)15(20,8-19-10-17-9-18-19)13-4-6-14(16)7-5-13/h4-7,9-12,20H,2-3,8H2,1H3/i20D. The van der Waals surface area contributed by atoms with Gasteiger partial charge in [-0.25, -0.2) is 9.67 Å². The molecule has 3 rings (SSSR count). The summed E-state index contributed by atoms with van der Waals surface area (Å²) in [7, 11) is 0. The molecular weight excluding hydrogens is 274 g/mol. The summed E-state index contributed by atoms with van der Waals surface area (Å²) in [4.78, 5) is 3.98. The van der Waals surface area contributed by atoms with Crippen LogP contribution in [0.2, 0.25) is 5.02 Å². The summed E-state index contributed by atoms with van der Waals surface area (Å²) in [5.41, 5.74) is 0.219. The second-order valence-electron chi connectivity index (χ2n) is 5.62. The molecule has 1 aromatic heterocycles. The van der Waals surface area contributed by atoms with Crippen LogP contribution in [0, 0.1) is 11.8 Å². The molecule has 4 nitrogen and oxygen atoms in total. The zero-order valence-corrected chi connectivity index (χ0v) is 12.1. The predicted octanol–water partition coefficient (Wildman–Crippen LogP) is 2.87. The van der Waals surface area contributed by atoms with E-state index in [0.717, 1.165) is 5.56 Å². The minimum atomic E-state index is -0.737. The minimum Gasteiger partial charge on any atom is -0.383 e. The van der Waals surface area contributed by atoms with E-state index in [4.69, 9.17) is 18.1 Å². The van der Waals surface area contributed by atoms with Gasteiger partial charge in [0.05, 0.1) is 6.54 Å². The van der Waals surface area contributed by atoms with E-state index in [9.17, 15) is 0 Å². The van der Waals surface area contributed by atoms with Crippen molar-refractivity contribution < 1.29 is 5.11 Å². The molecule has 0 spiro atoms. The summed E-state index contributed by atoms with van der Waals surface area (Å²) in [6.07, 6.45) is 5.54. The van der Waals surface area contributed by atoms with Crippen LogP contribution in [-0.2, 0) is 12.1 Å². The molecule has 0 amide bonds. The quantitative estimate of drug-likeness (QED) is 0.891. The van der Waals surface area contributed by atoms with E-state index < -0.39 is 5.60 Å². The average molecular weight is 293 g/mol. The van der Waals surface area contributed by atoms with Crippen LogP contribution in [0.5, 0.6) is 0 Å². The van der Waals surface area contributed by atoms with E-state index in [1.165, 1.54) is 19.2 Å². The van der Waals surface area contributed by atoms with Gasteiger partial charge in [-0.05, 0) is 42.4 Å². The number of hydrogen-bond donors (Lipinski definition) is 1. The van der Waals surface area contributed by atoms with E-state index in [0.29, 0.717) is 17.5 Å². The summed E-state index contributed by atoms with van der Waals surface area (Å²) in [6, 6.07) is 7.55. The topological polar surface area (TPSA) is 50.9 Å². The molecule has 1 heterocycles. The van der Waals surface area contributed by atoms with E-state index in [-0.39, 0.29) is 5.92 Å². The van der Waals surface area contributed by atoms with Crippen molar-refractivity contribution in [3.63, 3.8) is 0 Å². The summed E-state index contributed by atoms with van der Waals surface area (Å²) in [5.74, 6) is 0.815. The molecule has 1 aliphatic carbocycles. The van der Waals surface area contributed by atoms with Crippen LogP contribution in [0.25, 0.3) is 0 Å². The number of rotatable bonds is 6. The first-order chi connectivity index (χ1) is 10.2. The van der Waals surface area contributed by atoms with Crippen molar-refractivity contribution in [3.8, 4) is 0 Å². The summed E-state index contributed by atoms with van der Waals surface area (Å²) in [5, 5.41) is 10.2. The number of aliphatic hydroxyl groups is 1. The van der Waals surface area contributed by atoms with Crippen molar-refractivity contribution in [1.29, 1.82) is 1.43 Å². The van der Waals surface area contributed by atoms with Gasteiger partial charge in [-0.1, -0.05) is 30.7 Å². The van der Waals surface area contributed by atoms with Crippen LogP contribution in [0.1, 0.15) is 25.3 Å². The van der Waals surface area contributed by atoms with Gasteiger partial charge in [0.1, 0.15) is 18.3 Å². The largest absolute Gasteiger partial charge is 0.383 e. The summed E-state index contributed by atoms with van der Waals surface area (Å²) in [6.45, 7) is 2.62. The SMILES string of the molecule is [2H]OC(Cn1cncn1)(c1ccc(Cl)cc1)C(C)C1CC1. The van der Waals surface area contributed by atoms with Crippen LogP contribution >= 0.6 is 11.6 Å². The Kier molecular flexibility index (Phi) is 3.20. The van der Waals surface area contributed by atoms with Gasteiger partial charge in [0.25, 0.3) is 0 Å². The molecule has 2 atom stereocenters. The highest BCUT2D eigenvalue weighted by Crippen LogP contribution is 2.46. The molecule has 1 N–H and O–H groups in total. The number of benzene rings is 1. The monoisotopic (exact) mass is 292 g/mol. The zero-order valence-electron chi connectivity index (χ0n) is 12.4. The Hall–Kier alpha value is -1.39. The Morgan fingerprint density at radius 1 is 1.50 bits per heavy atom. The first-order valence-corrected chi connectivity index (χ1v) is 7.26. The number of hydrogen-bond acceptors (Lipinski definition) is 3. The Bertz CT molecular complexity index is 585. The molecule has 1 aliphatic rings. The fourth-order valence-corrected chi connectivity index (χ4v) is 2.89. The van der Waals surface area contributed by atoms with E-state index >= 15 is 0 Å². The van der Waals surface area contributed by atoms with E-state index in [1.807, 2.05) is 24.3 Å². The molecule has 106 valence electrons. The number of aromatic nitrogens is 3. The van der Waals surface area contributed by atoms with Gasteiger partial charge < -0.3 is 5.11 Å². The lowest BCUT2D eigenvalue weighted by molar-refractivity contribution is -0.0442. The summed E-state index contributed by atoms with van der Waals surface area (Å²) < 4.78 is 9.48. The molecule has 0 radical (unpaired) electrons. The summed E-state index contributed by atoms with van der Waals surface area (Å²) >= 11 is 5.99. The van der Waals surface area contributed by atoms with Crippen LogP contribution in [-0.4, -0.2) is 21.3 Å². The molecule has 5 heteroatoms. The van der Waals surface area contributed by atoms with Gasteiger partial charge in [0.2, 0.25) is 1.43 Å². The maximum absolute atomic E-state index is 7.76. The molecule has 2 unspecified atom stereocenters. The third-order valence-corrected chi connectivity index (χ3v) is 4.51. The molecule has 0 bridgehead atoms. The fraction of sp³-hybridized carbons (Fsp3) is 0.467.